The normalized spacial score (nSPS) is 34.0. The first-order valence-corrected chi connectivity index (χ1v) is 4.97. The Kier molecular flexibility index (Phi) is 2.45. The van der Waals surface area contributed by atoms with E-state index in [1.165, 1.54) is 25.7 Å². The quantitative estimate of drug-likeness (QED) is 0.515. The number of rotatable bonds is 1. The van der Waals surface area contributed by atoms with E-state index in [1.54, 1.807) is 0 Å². The van der Waals surface area contributed by atoms with Crippen LogP contribution in [0.15, 0.2) is 36.5 Å². The van der Waals surface area contributed by atoms with Gasteiger partial charge in [0, 0.05) is 0 Å². The molecule has 0 saturated heterocycles. The average molecular weight is 160 g/mol. The number of hydrogen-bond donors (Lipinski definition) is 0. The van der Waals surface area contributed by atoms with Gasteiger partial charge in [0.25, 0.3) is 0 Å². The van der Waals surface area contributed by atoms with E-state index in [-0.39, 0.29) is 0 Å². The monoisotopic (exact) mass is 160 g/mol. The van der Waals surface area contributed by atoms with Crippen LogP contribution < -0.4 is 0 Å². The van der Waals surface area contributed by atoms with Gasteiger partial charge in [-0.2, -0.15) is 0 Å². The van der Waals surface area contributed by atoms with E-state index in [4.69, 9.17) is 0 Å². The van der Waals surface area contributed by atoms with E-state index in [0.29, 0.717) is 0 Å². The third kappa shape index (κ3) is 1.69. The van der Waals surface area contributed by atoms with Crippen LogP contribution in [0.4, 0.5) is 0 Å². The van der Waals surface area contributed by atoms with Gasteiger partial charge in [0.15, 0.2) is 0 Å². The van der Waals surface area contributed by atoms with E-state index in [1.807, 2.05) is 0 Å². The van der Waals surface area contributed by atoms with Crippen molar-refractivity contribution in [3.63, 3.8) is 0 Å². The molecule has 2 aliphatic carbocycles. The Morgan fingerprint density at radius 3 is 2.58 bits per heavy atom. The molecular weight excluding hydrogens is 144 g/mol. The molecule has 0 fully saturated rings. The summed E-state index contributed by atoms with van der Waals surface area (Å²) < 4.78 is 0. The number of allylic oxidation sites excluding steroid dienone is 6. The Morgan fingerprint density at radius 2 is 1.92 bits per heavy atom. The van der Waals surface area contributed by atoms with Crippen LogP contribution in [-0.4, -0.2) is 0 Å². The summed E-state index contributed by atoms with van der Waals surface area (Å²) in [4.78, 5) is 0. The predicted octanol–water partition coefficient (Wildman–Crippen LogP) is 3.48. The van der Waals surface area contributed by atoms with Gasteiger partial charge < -0.3 is 0 Å². The highest BCUT2D eigenvalue weighted by atomic mass is 14.2. The summed E-state index contributed by atoms with van der Waals surface area (Å²) in [6.45, 7) is 0. The van der Waals surface area contributed by atoms with E-state index >= 15 is 0 Å². The molecule has 0 aliphatic heterocycles. The maximum atomic E-state index is 2.41. The third-order valence-electron chi connectivity index (χ3n) is 2.86. The van der Waals surface area contributed by atoms with Crippen LogP contribution in [0.2, 0.25) is 0 Å². The maximum Gasteiger partial charge on any atom is -0.0133 e. The molecule has 2 rings (SSSR count). The van der Waals surface area contributed by atoms with Crippen molar-refractivity contribution in [1.29, 1.82) is 0 Å². The highest BCUT2D eigenvalue weighted by molar-refractivity contribution is 5.14. The van der Waals surface area contributed by atoms with Crippen molar-refractivity contribution >= 4 is 0 Å². The van der Waals surface area contributed by atoms with Crippen LogP contribution in [0, 0.1) is 11.8 Å². The van der Waals surface area contributed by atoms with Crippen molar-refractivity contribution in [2.75, 3.05) is 0 Å². The van der Waals surface area contributed by atoms with Crippen LogP contribution >= 0.6 is 0 Å². The molecule has 0 aromatic heterocycles. The summed E-state index contributed by atoms with van der Waals surface area (Å²) in [7, 11) is 0. The van der Waals surface area contributed by atoms with E-state index < -0.39 is 0 Å². The lowest BCUT2D eigenvalue weighted by molar-refractivity contribution is 0.421. The lowest BCUT2D eigenvalue weighted by atomic mass is 9.81. The minimum Gasteiger partial charge on any atom is -0.0882 e. The minimum atomic E-state index is 0.784. The summed E-state index contributed by atoms with van der Waals surface area (Å²) in [6, 6.07) is 0. The van der Waals surface area contributed by atoms with Crippen LogP contribution in [0.5, 0.6) is 0 Å². The smallest absolute Gasteiger partial charge is 0.0133 e. The Morgan fingerprint density at radius 1 is 0.917 bits per heavy atom. The van der Waals surface area contributed by atoms with E-state index in [0.717, 1.165) is 11.8 Å². The van der Waals surface area contributed by atoms with E-state index in [2.05, 4.69) is 36.5 Å². The molecular formula is C12H16. The van der Waals surface area contributed by atoms with Crippen molar-refractivity contribution in [3.05, 3.63) is 36.5 Å². The Labute approximate surface area is 74.7 Å². The fourth-order valence-electron chi connectivity index (χ4n) is 2.11. The highest BCUT2D eigenvalue weighted by Crippen LogP contribution is 2.29. The lowest BCUT2D eigenvalue weighted by Crippen LogP contribution is -2.13. The van der Waals surface area contributed by atoms with Gasteiger partial charge in [-0.25, -0.2) is 0 Å². The Balaban J connectivity index is 1.99. The highest BCUT2D eigenvalue weighted by Gasteiger charge is 2.17. The second-order valence-electron chi connectivity index (χ2n) is 3.74. The summed E-state index contributed by atoms with van der Waals surface area (Å²) in [5, 5.41) is 0. The van der Waals surface area contributed by atoms with Gasteiger partial charge in [-0.1, -0.05) is 36.5 Å². The van der Waals surface area contributed by atoms with Crippen molar-refractivity contribution < 1.29 is 0 Å². The van der Waals surface area contributed by atoms with Crippen LogP contribution in [-0.2, 0) is 0 Å². The number of hydrogen-bond acceptors (Lipinski definition) is 0. The van der Waals surface area contributed by atoms with Gasteiger partial charge in [0.2, 0.25) is 0 Å². The summed E-state index contributed by atoms with van der Waals surface area (Å²) in [5.74, 6) is 1.60. The molecule has 64 valence electrons. The zero-order valence-electron chi connectivity index (χ0n) is 7.45. The molecule has 12 heavy (non-hydrogen) atoms. The molecule has 0 aromatic carbocycles. The summed E-state index contributed by atoms with van der Waals surface area (Å²) in [6.07, 6.45) is 19.1. The van der Waals surface area contributed by atoms with Gasteiger partial charge in [0.05, 0.1) is 0 Å². The van der Waals surface area contributed by atoms with Gasteiger partial charge in [0.1, 0.15) is 0 Å². The third-order valence-corrected chi connectivity index (χ3v) is 2.86. The van der Waals surface area contributed by atoms with Crippen LogP contribution in [0.3, 0.4) is 0 Å². The molecule has 2 unspecified atom stereocenters. The fraction of sp³-hybridized carbons (Fsp3) is 0.500. The molecule has 0 N–H and O–H groups in total. The Hall–Kier alpha value is -0.780. The first kappa shape index (κ1) is 7.85. The molecule has 0 saturated carbocycles. The van der Waals surface area contributed by atoms with Crippen molar-refractivity contribution in [3.8, 4) is 0 Å². The summed E-state index contributed by atoms with van der Waals surface area (Å²) >= 11 is 0. The molecule has 0 heterocycles. The molecule has 0 bridgehead atoms. The first-order chi connectivity index (χ1) is 5.97. The van der Waals surface area contributed by atoms with Crippen molar-refractivity contribution in [1.82, 2.24) is 0 Å². The molecule has 0 aromatic rings. The van der Waals surface area contributed by atoms with Gasteiger partial charge in [-0.15, -0.1) is 0 Å². The standard InChI is InChI=1S/C12H16/c1-3-7-11(8-4-1)12-9-5-2-6-10-12/h1,3-5,7,9,11-12H,2,6,8,10H2. The first-order valence-electron chi connectivity index (χ1n) is 4.97. The van der Waals surface area contributed by atoms with Gasteiger partial charge >= 0.3 is 0 Å². The average Bonchev–Trinajstić information content (AvgIpc) is 2.21. The largest absolute Gasteiger partial charge is 0.0882 e. The fourth-order valence-corrected chi connectivity index (χ4v) is 2.11. The topological polar surface area (TPSA) is 0 Å². The maximum absolute atomic E-state index is 2.41. The zero-order chi connectivity index (χ0) is 8.23. The molecule has 0 radical (unpaired) electrons. The van der Waals surface area contributed by atoms with Gasteiger partial charge in [-0.05, 0) is 37.5 Å². The second-order valence-corrected chi connectivity index (χ2v) is 3.74. The molecule has 2 aliphatic rings. The van der Waals surface area contributed by atoms with Gasteiger partial charge in [-0.3, -0.25) is 0 Å². The molecule has 0 nitrogen and oxygen atoms in total. The molecule has 2 atom stereocenters. The van der Waals surface area contributed by atoms with Crippen LogP contribution in [0.1, 0.15) is 25.7 Å². The minimum absolute atomic E-state index is 0.784. The van der Waals surface area contributed by atoms with E-state index in [9.17, 15) is 0 Å². The lowest BCUT2D eigenvalue weighted by Gasteiger charge is -2.24. The summed E-state index contributed by atoms with van der Waals surface area (Å²) in [5.41, 5.74) is 0. The SMILES string of the molecule is C1=CCC(C2C=CCCC2)C=C1. The second kappa shape index (κ2) is 3.75. The molecule has 0 spiro atoms. The van der Waals surface area contributed by atoms with Crippen molar-refractivity contribution in [2.45, 2.75) is 25.7 Å². The van der Waals surface area contributed by atoms with Crippen LogP contribution in [0.25, 0.3) is 0 Å². The molecule has 0 amide bonds. The Bertz CT molecular complexity index is 220. The van der Waals surface area contributed by atoms with Crippen molar-refractivity contribution in [2.24, 2.45) is 11.8 Å². The zero-order valence-corrected chi connectivity index (χ0v) is 7.45. The predicted molar refractivity (Wildman–Crippen MR) is 52.9 cm³/mol. The molecule has 0 heteroatoms.